The van der Waals surface area contributed by atoms with Gasteiger partial charge in [-0.2, -0.15) is 0 Å². The van der Waals surface area contributed by atoms with E-state index < -0.39 is 5.97 Å². The van der Waals surface area contributed by atoms with Gasteiger partial charge in [-0.25, -0.2) is 4.79 Å². The molecule has 0 aromatic heterocycles. The number of carbonyl (C=O) groups is 2. The Bertz CT molecular complexity index is 256. The molecule has 0 radical (unpaired) electrons. The van der Waals surface area contributed by atoms with E-state index in [0.717, 1.165) is 6.42 Å². The summed E-state index contributed by atoms with van der Waals surface area (Å²) in [6.07, 6.45) is 1.25. The van der Waals surface area contributed by atoms with Crippen molar-refractivity contribution in [2.24, 2.45) is 0 Å². The second-order valence-electron chi connectivity index (χ2n) is 3.04. The molecule has 1 N–H and O–H groups in total. The molecule has 0 atom stereocenters. The number of rotatable bonds is 4. The fourth-order valence-electron chi connectivity index (χ4n) is 0.899. The molecule has 4 nitrogen and oxygen atoms in total. The topological polar surface area (TPSA) is 55.4 Å². The van der Waals surface area contributed by atoms with Crippen LogP contribution in [0.25, 0.3) is 0 Å². The van der Waals surface area contributed by atoms with E-state index in [9.17, 15) is 9.59 Å². The molecule has 1 amide bonds. The molecule has 0 fully saturated rings. The summed E-state index contributed by atoms with van der Waals surface area (Å²) >= 11 is 0. The molecular weight excluding hydrogens is 182 g/mol. The van der Waals surface area contributed by atoms with Gasteiger partial charge in [0, 0.05) is 12.1 Å². The van der Waals surface area contributed by atoms with Gasteiger partial charge in [-0.05, 0) is 20.3 Å². The van der Waals surface area contributed by atoms with Crippen LogP contribution in [0.4, 0.5) is 0 Å². The van der Waals surface area contributed by atoms with Gasteiger partial charge >= 0.3 is 5.97 Å². The molecule has 0 aliphatic carbocycles. The van der Waals surface area contributed by atoms with Crippen molar-refractivity contribution >= 4 is 11.9 Å². The normalized spacial score (nSPS) is 11.7. The van der Waals surface area contributed by atoms with Crippen molar-refractivity contribution < 1.29 is 14.3 Å². The Hall–Kier alpha value is -1.32. The molecule has 0 rings (SSSR count). The van der Waals surface area contributed by atoms with Crippen LogP contribution >= 0.6 is 0 Å². The van der Waals surface area contributed by atoms with E-state index in [4.69, 9.17) is 0 Å². The third-order valence-corrected chi connectivity index (χ3v) is 1.86. The minimum Gasteiger partial charge on any atom is -0.466 e. The summed E-state index contributed by atoms with van der Waals surface area (Å²) in [4.78, 5) is 22.2. The highest BCUT2D eigenvalue weighted by Gasteiger charge is 2.09. The fraction of sp³-hybridized carbons (Fsp3) is 0.600. The Labute approximate surface area is 84.3 Å². The highest BCUT2D eigenvalue weighted by atomic mass is 16.5. The average Bonchev–Trinajstić information content (AvgIpc) is 2.15. The van der Waals surface area contributed by atoms with Crippen LogP contribution in [0.1, 0.15) is 33.6 Å². The zero-order valence-corrected chi connectivity index (χ0v) is 9.14. The highest BCUT2D eigenvalue weighted by Crippen LogP contribution is 2.02. The van der Waals surface area contributed by atoms with Crippen molar-refractivity contribution in [3.8, 4) is 0 Å². The lowest BCUT2D eigenvalue weighted by molar-refractivity contribution is -0.136. The van der Waals surface area contributed by atoms with Gasteiger partial charge in [0.15, 0.2) is 0 Å². The molecule has 0 saturated carbocycles. The SMILES string of the molecule is CCCC(=O)N/C(C)=C(\C)C(=O)OC. The molecular formula is C10H17NO3. The fourth-order valence-corrected chi connectivity index (χ4v) is 0.899. The predicted molar refractivity (Wildman–Crippen MR) is 53.4 cm³/mol. The van der Waals surface area contributed by atoms with E-state index in [1.165, 1.54) is 7.11 Å². The van der Waals surface area contributed by atoms with E-state index >= 15 is 0 Å². The number of amides is 1. The number of hydrogen-bond acceptors (Lipinski definition) is 3. The number of esters is 1. The third-order valence-electron chi connectivity index (χ3n) is 1.86. The van der Waals surface area contributed by atoms with Crippen LogP contribution in [-0.4, -0.2) is 19.0 Å². The lowest BCUT2D eigenvalue weighted by Gasteiger charge is -2.07. The lowest BCUT2D eigenvalue weighted by atomic mass is 10.2. The van der Waals surface area contributed by atoms with Crippen LogP contribution in [0.3, 0.4) is 0 Å². The van der Waals surface area contributed by atoms with Gasteiger partial charge in [-0.15, -0.1) is 0 Å². The Morgan fingerprint density at radius 2 is 1.86 bits per heavy atom. The van der Waals surface area contributed by atoms with Crippen molar-refractivity contribution in [3.05, 3.63) is 11.3 Å². The summed E-state index contributed by atoms with van der Waals surface area (Å²) in [7, 11) is 1.31. The number of methoxy groups -OCH3 is 1. The van der Waals surface area contributed by atoms with Gasteiger partial charge < -0.3 is 10.1 Å². The number of allylic oxidation sites excluding steroid dienone is 1. The largest absolute Gasteiger partial charge is 0.466 e. The number of hydrogen-bond donors (Lipinski definition) is 1. The molecule has 0 heterocycles. The van der Waals surface area contributed by atoms with Crippen molar-refractivity contribution in [3.63, 3.8) is 0 Å². The minimum atomic E-state index is -0.417. The maximum atomic E-state index is 11.2. The van der Waals surface area contributed by atoms with E-state index in [2.05, 4.69) is 10.1 Å². The van der Waals surface area contributed by atoms with Crippen molar-refractivity contribution in [2.45, 2.75) is 33.6 Å². The number of ether oxygens (including phenoxy) is 1. The summed E-state index contributed by atoms with van der Waals surface area (Å²) < 4.78 is 4.53. The molecule has 0 unspecified atom stereocenters. The van der Waals surface area contributed by atoms with Crippen molar-refractivity contribution in [2.75, 3.05) is 7.11 Å². The standard InChI is InChI=1S/C10H17NO3/c1-5-6-9(12)11-8(3)7(2)10(13)14-4/h5-6H2,1-4H3,(H,11,12)/b8-7+. The van der Waals surface area contributed by atoms with E-state index in [-0.39, 0.29) is 5.91 Å². The maximum Gasteiger partial charge on any atom is 0.335 e. The van der Waals surface area contributed by atoms with Crippen LogP contribution in [-0.2, 0) is 14.3 Å². The van der Waals surface area contributed by atoms with Crippen LogP contribution < -0.4 is 5.32 Å². The third kappa shape index (κ3) is 4.07. The smallest absolute Gasteiger partial charge is 0.335 e. The van der Waals surface area contributed by atoms with Crippen molar-refractivity contribution in [1.29, 1.82) is 0 Å². The summed E-state index contributed by atoms with van der Waals surface area (Å²) in [5, 5.41) is 2.64. The van der Waals surface area contributed by atoms with Crippen LogP contribution in [0.2, 0.25) is 0 Å². The monoisotopic (exact) mass is 199 g/mol. The summed E-state index contributed by atoms with van der Waals surface area (Å²) in [5.41, 5.74) is 0.979. The van der Waals surface area contributed by atoms with Crippen LogP contribution in [0, 0.1) is 0 Å². The molecule has 0 aromatic rings. The Morgan fingerprint density at radius 1 is 1.29 bits per heavy atom. The van der Waals surface area contributed by atoms with Gasteiger partial charge in [0.1, 0.15) is 0 Å². The first-order valence-corrected chi connectivity index (χ1v) is 4.58. The maximum absolute atomic E-state index is 11.2. The zero-order valence-electron chi connectivity index (χ0n) is 9.14. The van der Waals surface area contributed by atoms with Gasteiger partial charge in [0.25, 0.3) is 0 Å². The molecule has 0 spiro atoms. The lowest BCUT2D eigenvalue weighted by Crippen LogP contribution is -2.23. The Kier molecular flexibility index (Phi) is 5.60. The van der Waals surface area contributed by atoms with Gasteiger partial charge in [-0.3, -0.25) is 4.79 Å². The van der Waals surface area contributed by atoms with E-state index in [1.807, 2.05) is 6.92 Å². The van der Waals surface area contributed by atoms with Gasteiger partial charge in [-0.1, -0.05) is 6.92 Å². The molecule has 0 aliphatic rings. The second kappa shape index (κ2) is 6.18. The second-order valence-corrected chi connectivity index (χ2v) is 3.04. The molecule has 80 valence electrons. The molecule has 0 saturated heterocycles. The summed E-state index contributed by atoms with van der Waals surface area (Å²) in [5.74, 6) is -0.493. The van der Waals surface area contributed by atoms with Crippen molar-refractivity contribution in [1.82, 2.24) is 5.32 Å². The average molecular weight is 199 g/mol. The molecule has 0 bridgehead atoms. The first-order valence-electron chi connectivity index (χ1n) is 4.58. The van der Waals surface area contributed by atoms with Crippen LogP contribution in [0.15, 0.2) is 11.3 Å². The first kappa shape index (κ1) is 12.7. The number of carbonyl (C=O) groups excluding carboxylic acids is 2. The summed E-state index contributed by atoms with van der Waals surface area (Å²) in [6, 6.07) is 0. The summed E-state index contributed by atoms with van der Waals surface area (Å²) in [6.45, 7) is 5.22. The van der Waals surface area contributed by atoms with E-state index in [1.54, 1.807) is 13.8 Å². The zero-order chi connectivity index (χ0) is 11.1. The van der Waals surface area contributed by atoms with Crippen LogP contribution in [0.5, 0.6) is 0 Å². The molecule has 4 heteroatoms. The predicted octanol–water partition coefficient (Wildman–Crippen LogP) is 1.37. The minimum absolute atomic E-state index is 0.0757. The molecule has 14 heavy (non-hydrogen) atoms. The molecule has 0 aliphatic heterocycles. The van der Waals surface area contributed by atoms with Gasteiger partial charge in [0.05, 0.1) is 12.7 Å². The quantitative estimate of drug-likeness (QED) is 0.549. The Morgan fingerprint density at radius 3 is 2.29 bits per heavy atom. The Balaban J connectivity index is 4.36. The number of nitrogens with one attached hydrogen (secondary N) is 1. The highest BCUT2D eigenvalue weighted by molar-refractivity contribution is 5.89. The first-order chi connectivity index (χ1) is 6.52. The molecule has 0 aromatic carbocycles. The van der Waals surface area contributed by atoms with Gasteiger partial charge in [0.2, 0.25) is 5.91 Å². The van der Waals surface area contributed by atoms with E-state index in [0.29, 0.717) is 17.7 Å².